The van der Waals surface area contributed by atoms with E-state index in [1.54, 1.807) is 10.2 Å². The Kier molecular flexibility index (Phi) is 2.33. The summed E-state index contributed by atoms with van der Waals surface area (Å²) >= 11 is 3.36. The maximum absolute atomic E-state index is 4.30. The molecule has 1 aromatic carbocycles. The summed E-state index contributed by atoms with van der Waals surface area (Å²) in [6.45, 7) is 0. The zero-order valence-electron chi connectivity index (χ0n) is 6.20. The molecule has 0 aliphatic rings. The molecule has 0 N–H and O–H groups in total. The highest BCUT2D eigenvalue weighted by atomic mass is 79.9. The van der Waals surface area contributed by atoms with E-state index < -0.39 is 0 Å². The van der Waals surface area contributed by atoms with Gasteiger partial charge < -0.3 is 0 Å². The maximum atomic E-state index is 4.30. The van der Waals surface area contributed by atoms with Crippen LogP contribution < -0.4 is 0 Å². The maximum Gasteiger partial charge on any atom is 0.0846 e. The van der Waals surface area contributed by atoms with Crippen LogP contribution in [0.25, 0.3) is 10.9 Å². The second-order valence-electron chi connectivity index (χ2n) is 2.41. The predicted molar refractivity (Wildman–Crippen MR) is 56.5 cm³/mol. The molecule has 2 rings (SSSR count). The Labute approximate surface area is 82.4 Å². The minimum absolute atomic E-state index is 1.06. The molecule has 0 radical (unpaired) electrons. The van der Waals surface area contributed by atoms with Gasteiger partial charge in [-0.25, -0.2) is 0 Å². The first-order valence-corrected chi connectivity index (χ1v) is 6.20. The lowest BCUT2D eigenvalue weighted by molar-refractivity contribution is 1.36. The molecule has 0 bridgehead atoms. The van der Waals surface area contributed by atoms with Gasteiger partial charge in [0, 0.05) is 16.5 Å². The Morgan fingerprint density at radius 2 is 2.00 bits per heavy atom. The molecule has 0 unspecified atom stereocenters. The number of rotatable bonds is 1. The number of benzene rings is 1. The molecule has 12 heavy (non-hydrogen) atoms. The van der Waals surface area contributed by atoms with Gasteiger partial charge in [-0.05, 0) is 37.1 Å². The summed E-state index contributed by atoms with van der Waals surface area (Å²) < 4.78 is 0. The van der Waals surface area contributed by atoms with E-state index in [1.807, 2.05) is 18.3 Å². The van der Waals surface area contributed by atoms with E-state index in [9.17, 15) is 0 Å². The number of para-hydroxylation sites is 1. The second kappa shape index (κ2) is 3.46. The smallest absolute Gasteiger partial charge is 0.0846 e. The van der Waals surface area contributed by atoms with Crippen LogP contribution in [-0.2, 0) is 0 Å². The van der Waals surface area contributed by atoms with Crippen LogP contribution in [0.5, 0.6) is 0 Å². The molecule has 0 aliphatic heterocycles. The molecule has 2 aromatic rings. The summed E-state index contributed by atoms with van der Waals surface area (Å²) in [5.41, 5.74) is 1.06. The second-order valence-corrected chi connectivity index (χ2v) is 3.97. The average molecular weight is 240 g/mol. The molecule has 0 aliphatic carbocycles. The Morgan fingerprint density at radius 1 is 1.17 bits per heavy atom. The van der Waals surface area contributed by atoms with Gasteiger partial charge in [0.2, 0.25) is 0 Å². The third kappa shape index (κ3) is 1.34. The number of halogens is 1. The summed E-state index contributed by atoms with van der Waals surface area (Å²) in [7, 11) is 1.55. The van der Waals surface area contributed by atoms with E-state index in [4.69, 9.17) is 0 Å². The summed E-state index contributed by atoms with van der Waals surface area (Å²) in [5.74, 6) is 0. The first-order valence-electron chi connectivity index (χ1n) is 3.54. The lowest BCUT2D eigenvalue weighted by Crippen LogP contribution is -1.78. The van der Waals surface area contributed by atoms with Crippen molar-refractivity contribution in [1.82, 2.24) is 4.98 Å². The Morgan fingerprint density at radius 3 is 2.83 bits per heavy atom. The Hall–Kier alpha value is -0.540. The fraction of sp³-hybridized carbons (Fsp3) is 0. The summed E-state index contributed by atoms with van der Waals surface area (Å²) in [4.78, 5) is 5.46. The number of nitrogens with zero attached hydrogens (tertiary/aromatic N) is 1. The van der Waals surface area contributed by atoms with Crippen LogP contribution in [0.4, 0.5) is 0 Å². The van der Waals surface area contributed by atoms with Crippen LogP contribution >= 0.6 is 25.0 Å². The minimum Gasteiger partial charge on any atom is -0.255 e. The van der Waals surface area contributed by atoms with Gasteiger partial charge in [0.15, 0.2) is 0 Å². The third-order valence-corrected chi connectivity index (χ3v) is 3.22. The van der Waals surface area contributed by atoms with Crippen molar-refractivity contribution >= 4 is 35.9 Å². The van der Waals surface area contributed by atoms with Crippen LogP contribution in [0.3, 0.4) is 0 Å². The van der Waals surface area contributed by atoms with Gasteiger partial charge in [0.25, 0.3) is 0 Å². The lowest BCUT2D eigenvalue weighted by atomic mass is 10.2. The highest BCUT2D eigenvalue weighted by Crippen LogP contribution is 2.29. The third-order valence-electron chi connectivity index (χ3n) is 1.68. The topological polar surface area (TPSA) is 12.9 Å². The molecule has 0 spiro atoms. The highest BCUT2D eigenvalue weighted by Gasteiger charge is 1.98. The van der Waals surface area contributed by atoms with Crippen molar-refractivity contribution in [1.29, 1.82) is 0 Å². The quantitative estimate of drug-likeness (QED) is 0.754. The van der Waals surface area contributed by atoms with Gasteiger partial charge in [-0.15, -0.1) is 0 Å². The average Bonchev–Trinajstić information content (AvgIpc) is 2.17. The first-order chi connectivity index (χ1) is 5.92. The zero-order valence-corrected chi connectivity index (χ0v) is 8.60. The molecular weight excluding hydrogens is 234 g/mol. The van der Waals surface area contributed by atoms with Crippen molar-refractivity contribution in [3.05, 3.63) is 36.5 Å². The van der Waals surface area contributed by atoms with Crippen molar-refractivity contribution in [2.24, 2.45) is 0 Å². The summed E-state index contributed by atoms with van der Waals surface area (Å²) in [6.07, 6.45) is 1.81. The van der Waals surface area contributed by atoms with Crippen molar-refractivity contribution < 1.29 is 0 Å². The van der Waals surface area contributed by atoms with Crippen LogP contribution in [0, 0.1) is 0 Å². The Balaban J connectivity index is 2.79. The molecule has 60 valence electrons. The number of fused-ring (bicyclic) bond motifs is 1. The van der Waals surface area contributed by atoms with E-state index >= 15 is 0 Å². The normalized spacial score (nSPS) is 10.4. The summed E-state index contributed by atoms with van der Waals surface area (Å²) in [6, 6.07) is 10.2. The van der Waals surface area contributed by atoms with Gasteiger partial charge in [-0.2, -0.15) is 0 Å². The molecule has 3 heteroatoms. The molecule has 0 amide bonds. The highest BCUT2D eigenvalue weighted by molar-refractivity contribution is 9.50. The number of hydrogen-bond acceptors (Lipinski definition) is 2. The van der Waals surface area contributed by atoms with E-state index in [1.165, 1.54) is 5.39 Å². The lowest BCUT2D eigenvalue weighted by Gasteiger charge is -1.99. The molecule has 0 atom stereocenters. The number of aromatic nitrogens is 1. The molecule has 0 saturated carbocycles. The van der Waals surface area contributed by atoms with Gasteiger partial charge in [-0.3, -0.25) is 4.98 Å². The molecular formula is C9H6BrNS. The van der Waals surface area contributed by atoms with Gasteiger partial charge >= 0.3 is 0 Å². The van der Waals surface area contributed by atoms with Crippen LogP contribution in [-0.4, -0.2) is 4.98 Å². The van der Waals surface area contributed by atoms with Gasteiger partial charge in [0.05, 0.1) is 5.52 Å². The van der Waals surface area contributed by atoms with Crippen molar-refractivity contribution in [3.63, 3.8) is 0 Å². The molecule has 0 fully saturated rings. The molecule has 1 nitrogen and oxygen atoms in total. The molecule has 1 aromatic heterocycles. The Bertz CT molecular complexity index is 397. The van der Waals surface area contributed by atoms with Crippen molar-refractivity contribution in [2.75, 3.05) is 0 Å². The van der Waals surface area contributed by atoms with E-state index in [2.05, 4.69) is 38.0 Å². The van der Waals surface area contributed by atoms with Crippen molar-refractivity contribution in [2.45, 2.75) is 4.90 Å². The van der Waals surface area contributed by atoms with Gasteiger partial charge in [0.1, 0.15) is 0 Å². The molecule has 1 heterocycles. The monoisotopic (exact) mass is 239 g/mol. The molecule has 0 saturated heterocycles. The number of pyridine rings is 1. The standard InChI is InChI=1S/C9H6BrNS/c10-12-8-5-1-3-7-4-2-6-11-9(7)8/h1-6H. The minimum atomic E-state index is 1.06. The van der Waals surface area contributed by atoms with Crippen LogP contribution in [0.1, 0.15) is 0 Å². The fourth-order valence-electron chi connectivity index (χ4n) is 1.14. The zero-order chi connectivity index (χ0) is 8.39. The van der Waals surface area contributed by atoms with Crippen molar-refractivity contribution in [3.8, 4) is 0 Å². The largest absolute Gasteiger partial charge is 0.255 e. The van der Waals surface area contributed by atoms with Gasteiger partial charge in [-0.1, -0.05) is 18.2 Å². The fourth-order valence-corrected chi connectivity index (χ4v) is 2.30. The summed E-state index contributed by atoms with van der Waals surface area (Å²) in [5, 5.41) is 1.18. The van der Waals surface area contributed by atoms with Crippen LogP contribution in [0.15, 0.2) is 41.4 Å². The van der Waals surface area contributed by atoms with E-state index in [0.717, 1.165) is 10.4 Å². The number of hydrogen-bond donors (Lipinski definition) is 0. The van der Waals surface area contributed by atoms with E-state index in [0.29, 0.717) is 0 Å². The van der Waals surface area contributed by atoms with Crippen LogP contribution in [0.2, 0.25) is 0 Å². The predicted octanol–water partition coefficient (Wildman–Crippen LogP) is 3.64. The SMILES string of the molecule is BrSc1cccc2cccnc12. The first kappa shape index (κ1) is 8.08. The van der Waals surface area contributed by atoms with E-state index in [-0.39, 0.29) is 0 Å².